The molecule has 0 saturated carbocycles. The lowest BCUT2D eigenvalue weighted by molar-refractivity contribution is 0.251. The fourth-order valence-electron chi connectivity index (χ4n) is 1.99. The van der Waals surface area contributed by atoms with Crippen molar-refractivity contribution in [2.75, 3.05) is 26.1 Å². The van der Waals surface area contributed by atoms with Crippen LogP contribution in [0.5, 0.6) is 11.5 Å². The molecule has 1 aromatic carbocycles. The number of rotatable bonds is 6. The molecule has 0 unspecified atom stereocenters. The summed E-state index contributed by atoms with van der Waals surface area (Å²) < 4.78 is 15.5. The molecule has 0 aliphatic carbocycles. The van der Waals surface area contributed by atoms with E-state index >= 15 is 0 Å². The van der Waals surface area contributed by atoms with E-state index in [1.165, 1.54) is 7.11 Å². The van der Waals surface area contributed by atoms with Gasteiger partial charge in [0, 0.05) is 19.0 Å². The maximum atomic E-state index is 11.9. The number of carbonyl (C=O) groups is 1. The normalized spacial score (nSPS) is 10.1. The third kappa shape index (κ3) is 3.91. The largest absolute Gasteiger partial charge is 0.493 e. The number of aromatic nitrogens is 1. The van der Waals surface area contributed by atoms with E-state index in [1.807, 2.05) is 13.0 Å². The second-order valence-corrected chi connectivity index (χ2v) is 4.61. The minimum Gasteiger partial charge on any atom is -0.493 e. The quantitative estimate of drug-likeness (QED) is 0.855. The number of urea groups is 1. The second-order valence-electron chi connectivity index (χ2n) is 4.61. The molecule has 0 spiro atoms. The minimum atomic E-state index is -0.331. The van der Waals surface area contributed by atoms with Crippen LogP contribution in [0.1, 0.15) is 11.5 Å². The lowest BCUT2D eigenvalue weighted by atomic mass is 10.2. The molecule has 1 aromatic heterocycles. The number of aryl methyl sites for hydroxylation is 1. The van der Waals surface area contributed by atoms with Gasteiger partial charge in [0.25, 0.3) is 0 Å². The first kappa shape index (κ1) is 15.7. The van der Waals surface area contributed by atoms with E-state index in [2.05, 4.69) is 15.8 Å². The summed E-state index contributed by atoms with van der Waals surface area (Å²) in [6, 6.07) is 6.77. The van der Waals surface area contributed by atoms with Gasteiger partial charge in [-0.3, -0.25) is 0 Å². The Bertz CT molecular complexity index is 639. The molecule has 2 N–H and O–H groups in total. The number of amides is 2. The summed E-state index contributed by atoms with van der Waals surface area (Å²) >= 11 is 0. The summed E-state index contributed by atoms with van der Waals surface area (Å²) in [5, 5.41) is 9.26. The highest BCUT2D eigenvalue weighted by Crippen LogP contribution is 2.34. The van der Waals surface area contributed by atoms with Gasteiger partial charge >= 0.3 is 6.03 Å². The molecule has 2 amide bonds. The number of nitrogens with zero attached hydrogens (tertiary/aromatic N) is 1. The average Bonchev–Trinajstić information content (AvgIpc) is 2.92. The van der Waals surface area contributed by atoms with Crippen molar-refractivity contribution in [3.63, 3.8) is 0 Å². The number of ether oxygens (including phenoxy) is 2. The van der Waals surface area contributed by atoms with Gasteiger partial charge < -0.3 is 24.6 Å². The lowest BCUT2D eigenvalue weighted by Crippen LogP contribution is -2.30. The number of carbonyl (C=O) groups excluding carboxylic acids is 1. The summed E-state index contributed by atoms with van der Waals surface area (Å²) in [6.07, 6.45) is 0.573. The zero-order valence-electron chi connectivity index (χ0n) is 12.8. The Morgan fingerprint density at radius 3 is 2.77 bits per heavy atom. The van der Waals surface area contributed by atoms with Crippen LogP contribution in [0.3, 0.4) is 0 Å². The number of methoxy groups -OCH3 is 2. The van der Waals surface area contributed by atoms with Crippen LogP contribution in [-0.2, 0) is 6.42 Å². The van der Waals surface area contributed by atoms with Gasteiger partial charge in [-0.05, 0) is 19.1 Å². The van der Waals surface area contributed by atoms with Gasteiger partial charge in [0.1, 0.15) is 5.76 Å². The van der Waals surface area contributed by atoms with Crippen LogP contribution in [-0.4, -0.2) is 32.0 Å². The number of para-hydroxylation sites is 1. The molecular formula is C15H19N3O4. The van der Waals surface area contributed by atoms with Gasteiger partial charge in [-0.2, -0.15) is 0 Å². The fraction of sp³-hybridized carbons (Fsp3) is 0.333. The highest BCUT2D eigenvalue weighted by molar-refractivity contribution is 5.91. The summed E-state index contributed by atoms with van der Waals surface area (Å²) in [7, 11) is 3.06. The van der Waals surface area contributed by atoms with E-state index < -0.39 is 0 Å². The topological polar surface area (TPSA) is 85.6 Å². The van der Waals surface area contributed by atoms with Gasteiger partial charge in [0.2, 0.25) is 0 Å². The van der Waals surface area contributed by atoms with Crippen molar-refractivity contribution in [1.82, 2.24) is 10.5 Å². The molecule has 1 heterocycles. The highest BCUT2D eigenvalue weighted by atomic mass is 16.5. The molecule has 0 fully saturated rings. The van der Waals surface area contributed by atoms with Crippen LogP contribution < -0.4 is 20.1 Å². The molecular weight excluding hydrogens is 286 g/mol. The lowest BCUT2D eigenvalue weighted by Gasteiger charge is -2.13. The van der Waals surface area contributed by atoms with Gasteiger partial charge in [0.05, 0.1) is 25.6 Å². The predicted octanol–water partition coefficient (Wildman–Crippen LogP) is 2.36. The molecule has 0 bridgehead atoms. The van der Waals surface area contributed by atoms with E-state index in [-0.39, 0.29) is 6.03 Å². The molecule has 2 aromatic rings. The Kier molecular flexibility index (Phi) is 5.24. The SMILES string of the molecule is COc1cccc(NC(=O)NCCc2cc(C)no2)c1OC. The second kappa shape index (κ2) is 7.35. The fourth-order valence-corrected chi connectivity index (χ4v) is 1.99. The van der Waals surface area contributed by atoms with Gasteiger partial charge in [0.15, 0.2) is 11.5 Å². The monoisotopic (exact) mass is 305 g/mol. The Labute approximate surface area is 128 Å². The first-order valence-corrected chi connectivity index (χ1v) is 6.82. The van der Waals surface area contributed by atoms with Crippen LogP contribution in [0.15, 0.2) is 28.8 Å². The number of hydrogen-bond donors (Lipinski definition) is 2. The molecule has 0 aliphatic rings. The van der Waals surface area contributed by atoms with Crippen molar-refractivity contribution >= 4 is 11.7 Å². The van der Waals surface area contributed by atoms with Crippen molar-refractivity contribution in [3.05, 3.63) is 35.7 Å². The Morgan fingerprint density at radius 2 is 2.14 bits per heavy atom. The Hall–Kier alpha value is -2.70. The van der Waals surface area contributed by atoms with Gasteiger partial charge in [-0.1, -0.05) is 11.2 Å². The van der Waals surface area contributed by atoms with Crippen molar-refractivity contribution in [2.24, 2.45) is 0 Å². The third-order valence-corrected chi connectivity index (χ3v) is 2.98. The van der Waals surface area contributed by atoms with E-state index in [0.29, 0.717) is 30.2 Å². The maximum Gasteiger partial charge on any atom is 0.319 e. The Balaban J connectivity index is 1.89. The molecule has 0 aliphatic heterocycles. The molecule has 7 nitrogen and oxygen atoms in total. The van der Waals surface area contributed by atoms with Crippen LogP contribution in [0.4, 0.5) is 10.5 Å². The van der Waals surface area contributed by atoms with E-state index in [0.717, 1.165) is 11.5 Å². The summed E-state index contributed by atoms with van der Waals surface area (Å²) in [4.78, 5) is 11.9. The van der Waals surface area contributed by atoms with Crippen LogP contribution >= 0.6 is 0 Å². The predicted molar refractivity (Wildman–Crippen MR) is 81.5 cm³/mol. The van der Waals surface area contributed by atoms with Crippen LogP contribution in [0, 0.1) is 6.92 Å². The van der Waals surface area contributed by atoms with Crippen molar-refractivity contribution in [1.29, 1.82) is 0 Å². The maximum absolute atomic E-state index is 11.9. The molecule has 7 heteroatoms. The number of anilines is 1. The van der Waals surface area contributed by atoms with Crippen molar-refractivity contribution in [2.45, 2.75) is 13.3 Å². The van der Waals surface area contributed by atoms with Crippen molar-refractivity contribution in [3.8, 4) is 11.5 Å². The van der Waals surface area contributed by atoms with Crippen LogP contribution in [0.25, 0.3) is 0 Å². The number of hydrogen-bond acceptors (Lipinski definition) is 5. The van der Waals surface area contributed by atoms with E-state index in [1.54, 1.807) is 25.3 Å². The smallest absolute Gasteiger partial charge is 0.319 e. The summed E-state index contributed by atoms with van der Waals surface area (Å²) in [5.74, 6) is 1.76. The molecule has 0 saturated heterocycles. The third-order valence-electron chi connectivity index (χ3n) is 2.98. The summed E-state index contributed by atoms with van der Waals surface area (Å²) in [6.45, 7) is 2.29. The molecule has 118 valence electrons. The molecule has 0 radical (unpaired) electrons. The first-order valence-electron chi connectivity index (χ1n) is 6.82. The standard InChI is InChI=1S/C15H19N3O4/c1-10-9-11(22-18-10)7-8-16-15(19)17-12-5-4-6-13(20-2)14(12)21-3/h4-6,9H,7-8H2,1-3H3,(H2,16,17,19). The molecule has 22 heavy (non-hydrogen) atoms. The first-order chi connectivity index (χ1) is 10.6. The summed E-state index contributed by atoms with van der Waals surface area (Å²) in [5.41, 5.74) is 1.36. The van der Waals surface area contributed by atoms with Crippen LogP contribution in [0.2, 0.25) is 0 Å². The van der Waals surface area contributed by atoms with Crippen molar-refractivity contribution < 1.29 is 18.8 Å². The van der Waals surface area contributed by atoms with E-state index in [4.69, 9.17) is 14.0 Å². The Morgan fingerprint density at radius 1 is 1.32 bits per heavy atom. The van der Waals surface area contributed by atoms with E-state index in [9.17, 15) is 4.79 Å². The average molecular weight is 305 g/mol. The minimum absolute atomic E-state index is 0.331. The molecule has 2 rings (SSSR count). The molecule has 0 atom stereocenters. The van der Waals surface area contributed by atoms with Gasteiger partial charge in [-0.25, -0.2) is 4.79 Å². The highest BCUT2D eigenvalue weighted by Gasteiger charge is 2.12. The number of nitrogens with one attached hydrogen (secondary N) is 2. The zero-order valence-corrected chi connectivity index (χ0v) is 12.8. The number of benzene rings is 1. The van der Waals surface area contributed by atoms with Gasteiger partial charge in [-0.15, -0.1) is 0 Å². The zero-order chi connectivity index (χ0) is 15.9.